The fourth-order valence-electron chi connectivity index (χ4n) is 2.35. The summed E-state index contributed by atoms with van der Waals surface area (Å²) in [7, 11) is 1.55. The van der Waals surface area contributed by atoms with Crippen LogP contribution in [0.25, 0.3) is 0 Å². The average molecular weight is 365 g/mol. The van der Waals surface area contributed by atoms with Crippen molar-refractivity contribution >= 4 is 40.7 Å². The number of anilines is 1. The molecule has 2 amide bonds. The molecule has 0 fully saturated rings. The minimum atomic E-state index is -0.362. The standard InChI is InChI=1S/C18H18Cl2N2O2/c1-11-6-4-7-12(2)17(11)21-15(23)10-22(3)18(24)13-8-5-9-14(19)16(13)20/h4-9H,10H2,1-3H3,(H,21,23). The first-order valence-electron chi connectivity index (χ1n) is 7.36. The van der Waals surface area contributed by atoms with Gasteiger partial charge < -0.3 is 10.2 Å². The summed E-state index contributed by atoms with van der Waals surface area (Å²) >= 11 is 12.0. The molecule has 0 aliphatic heterocycles. The van der Waals surface area contributed by atoms with Crippen LogP contribution in [0.15, 0.2) is 36.4 Å². The highest BCUT2D eigenvalue weighted by Gasteiger charge is 2.19. The zero-order valence-electron chi connectivity index (χ0n) is 13.7. The van der Waals surface area contributed by atoms with E-state index in [9.17, 15) is 9.59 Å². The van der Waals surface area contributed by atoms with E-state index in [0.29, 0.717) is 5.02 Å². The van der Waals surface area contributed by atoms with Crippen molar-refractivity contribution in [2.24, 2.45) is 0 Å². The number of hydrogen-bond acceptors (Lipinski definition) is 2. The minimum Gasteiger partial charge on any atom is -0.332 e. The molecule has 2 rings (SSSR count). The summed E-state index contributed by atoms with van der Waals surface area (Å²) in [5, 5.41) is 3.34. The number of para-hydroxylation sites is 1. The van der Waals surface area contributed by atoms with Gasteiger partial charge in [-0.2, -0.15) is 0 Å². The molecule has 4 nitrogen and oxygen atoms in total. The molecule has 0 spiro atoms. The molecule has 1 N–H and O–H groups in total. The third-order valence-corrected chi connectivity index (χ3v) is 4.47. The molecule has 0 saturated heterocycles. The maximum absolute atomic E-state index is 12.4. The summed E-state index contributed by atoms with van der Waals surface area (Å²) in [6, 6.07) is 10.6. The first-order valence-corrected chi connectivity index (χ1v) is 8.12. The first kappa shape index (κ1) is 18.3. The SMILES string of the molecule is Cc1cccc(C)c1NC(=O)CN(C)C(=O)c1cccc(Cl)c1Cl. The maximum Gasteiger partial charge on any atom is 0.255 e. The lowest BCUT2D eigenvalue weighted by Gasteiger charge is -2.19. The van der Waals surface area contributed by atoms with Crippen molar-refractivity contribution in [1.29, 1.82) is 0 Å². The van der Waals surface area contributed by atoms with Crippen LogP contribution in [0.2, 0.25) is 10.0 Å². The quantitative estimate of drug-likeness (QED) is 0.877. The highest BCUT2D eigenvalue weighted by molar-refractivity contribution is 6.43. The number of aryl methyl sites for hydroxylation is 2. The lowest BCUT2D eigenvalue weighted by atomic mass is 10.1. The van der Waals surface area contributed by atoms with E-state index in [2.05, 4.69) is 5.32 Å². The second kappa shape index (κ2) is 7.69. The van der Waals surface area contributed by atoms with Crippen molar-refractivity contribution in [2.45, 2.75) is 13.8 Å². The van der Waals surface area contributed by atoms with Gasteiger partial charge >= 0.3 is 0 Å². The monoisotopic (exact) mass is 364 g/mol. The topological polar surface area (TPSA) is 49.4 Å². The summed E-state index contributed by atoms with van der Waals surface area (Å²) in [4.78, 5) is 26.0. The van der Waals surface area contributed by atoms with E-state index in [1.54, 1.807) is 25.2 Å². The number of carbonyl (C=O) groups excluding carboxylic acids is 2. The van der Waals surface area contributed by atoms with Gasteiger partial charge in [0.25, 0.3) is 5.91 Å². The summed E-state index contributed by atoms with van der Waals surface area (Å²) in [5.41, 5.74) is 2.97. The molecule has 0 unspecified atom stereocenters. The Morgan fingerprint density at radius 2 is 1.62 bits per heavy atom. The second-order valence-electron chi connectivity index (χ2n) is 5.58. The molecule has 0 aliphatic carbocycles. The van der Waals surface area contributed by atoms with Gasteiger partial charge in [0.15, 0.2) is 0 Å². The number of hydrogen-bond donors (Lipinski definition) is 1. The highest BCUT2D eigenvalue weighted by atomic mass is 35.5. The number of amides is 2. The fourth-order valence-corrected chi connectivity index (χ4v) is 2.73. The number of nitrogens with one attached hydrogen (secondary N) is 1. The van der Waals surface area contributed by atoms with Crippen molar-refractivity contribution in [1.82, 2.24) is 4.90 Å². The van der Waals surface area contributed by atoms with Gasteiger partial charge in [0.1, 0.15) is 0 Å². The van der Waals surface area contributed by atoms with Gasteiger partial charge in [-0.05, 0) is 37.1 Å². The second-order valence-corrected chi connectivity index (χ2v) is 6.36. The van der Waals surface area contributed by atoms with E-state index < -0.39 is 0 Å². The number of likely N-dealkylation sites (N-methyl/N-ethyl adjacent to an activating group) is 1. The van der Waals surface area contributed by atoms with Crippen LogP contribution in [0.4, 0.5) is 5.69 Å². The zero-order valence-corrected chi connectivity index (χ0v) is 15.2. The molecule has 0 radical (unpaired) electrons. The molecule has 0 aromatic heterocycles. The fraction of sp³-hybridized carbons (Fsp3) is 0.222. The van der Waals surface area contributed by atoms with E-state index in [-0.39, 0.29) is 28.9 Å². The first-order chi connectivity index (χ1) is 11.3. The normalized spacial score (nSPS) is 10.4. The van der Waals surface area contributed by atoms with Crippen LogP contribution >= 0.6 is 23.2 Å². The van der Waals surface area contributed by atoms with E-state index in [4.69, 9.17) is 23.2 Å². The summed E-state index contributed by atoms with van der Waals surface area (Å²) in [6.45, 7) is 3.75. The predicted molar refractivity (Wildman–Crippen MR) is 98.0 cm³/mol. The lowest BCUT2D eigenvalue weighted by Crippen LogP contribution is -2.35. The van der Waals surface area contributed by atoms with E-state index in [1.807, 2.05) is 32.0 Å². The number of carbonyl (C=O) groups is 2. The van der Waals surface area contributed by atoms with E-state index in [0.717, 1.165) is 16.8 Å². The van der Waals surface area contributed by atoms with Crippen LogP contribution in [0.3, 0.4) is 0 Å². The van der Waals surface area contributed by atoms with Crippen molar-refractivity contribution in [3.8, 4) is 0 Å². The van der Waals surface area contributed by atoms with Gasteiger partial charge in [-0.15, -0.1) is 0 Å². The summed E-state index contributed by atoms with van der Waals surface area (Å²) < 4.78 is 0. The molecule has 2 aromatic carbocycles. The Morgan fingerprint density at radius 1 is 1.04 bits per heavy atom. The van der Waals surface area contributed by atoms with Crippen molar-refractivity contribution in [3.63, 3.8) is 0 Å². The van der Waals surface area contributed by atoms with Crippen LogP contribution in [-0.2, 0) is 4.79 Å². The number of rotatable bonds is 4. The predicted octanol–water partition coefficient (Wildman–Crippen LogP) is 4.32. The average Bonchev–Trinajstić information content (AvgIpc) is 2.53. The Hall–Kier alpha value is -2.04. The molecule has 24 heavy (non-hydrogen) atoms. The van der Waals surface area contributed by atoms with Crippen LogP contribution in [0, 0.1) is 13.8 Å². The Labute approximate surface area is 151 Å². The molecule has 0 bridgehead atoms. The van der Waals surface area contributed by atoms with Gasteiger partial charge in [-0.1, -0.05) is 47.5 Å². The van der Waals surface area contributed by atoms with Gasteiger partial charge in [0.2, 0.25) is 5.91 Å². The largest absolute Gasteiger partial charge is 0.332 e. The molecule has 2 aromatic rings. The summed E-state index contributed by atoms with van der Waals surface area (Å²) in [5.74, 6) is -0.638. The van der Waals surface area contributed by atoms with Gasteiger partial charge in [0.05, 0.1) is 22.2 Å². The van der Waals surface area contributed by atoms with Crippen molar-refractivity contribution in [2.75, 3.05) is 18.9 Å². The minimum absolute atomic E-state index is 0.0878. The van der Waals surface area contributed by atoms with Crippen LogP contribution < -0.4 is 5.32 Å². The lowest BCUT2D eigenvalue weighted by molar-refractivity contribution is -0.116. The van der Waals surface area contributed by atoms with Crippen LogP contribution in [-0.4, -0.2) is 30.3 Å². The highest BCUT2D eigenvalue weighted by Crippen LogP contribution is 2.26. The third kappa shape index (κ3) is 4.08. The smallest absolute Gasteiger partial charge is 0.255 e. The Balaban J connectivity index is 2.09. The number of nitrogens with zero attached hydrogens (tertiary/aromatic N) is 1. The van der Waals surface area contributed by atoms with E-state index in [1.165, 1.54) is 4.90 Å². The van der Waals surface area contributed by atoms with Gasteiger partial charge in [0, 0.05) is 12.7 Å². The maximum atomic E-state index is 12.4. The third-order valence-electron chi connectivity index (χ3n) is 3.66. The van der Waals surface area contributed by atoms with Crippen LogP contribution in [0.1, 0.15) is 21.5 Å². The molecule has 6 heteroatoms. The molecule has 0 atom stereocenters. The Kier molecular flexibility index (Phi) is 5.86. The molecule has 0 saturated carbocycles. The van der Waals surface area contributed by atoms with Crippen LogP contribution in [0.5, 0.6) is 0 Å². The summed E-state index contributed by atoms with van der Waals surface area (Å²) in [6.07, 6.45) is 0. The van der Waals surface area contributed by atoms with Crippen molar-refractivity contribution in [3.05, 3.63) is 63.1 Å². The Morgan fingerprint density at radius 3 is 2.25 bits per heavy atom. The zero-order chi connectivity index (χ0) is 17.9. The number of halogens is 2. The molecule has 126 valence electrons. The molecular weight excluding hydrogens is 347 g/mol. The van der Waals surface area contributed by atoms with Crippen molar-refractivity contribution < 1.29 is 9.59 Å². The molecule has 0 aliphatic rings. The Bertz CT molecular complexity index is 770. The molecule has 0 heterocycles. The van der Waals surface area contributed by atoms with Gasteiger partial charge in [-0.3, -0.25) is 9.59 Å². The van der Waals surface area contributed by atoms with E-state index >= 15 is 0 Å². The van der Waals surface area contributed by atoms with Gasteiger partial charge in [-0.25, -0.2) is 0 Å². The molecular formula is C18H18Cl2N2O2. The number of benzene rings is 2.